The normalized spacial score (nSPS) is 15.1. The van der Waals surface area contributed by atoms with Crippen molar-refractivity contribution in [3.05, 3.63) is 17.7 Å². The van der Waals surface area contributed by atoms with Gasteiger partial charge in [-0.25, -0.2) is 0 Å². The van der Waals surface area contributed by atoms with Gasteiger partial charge in [0.25, 0.3) is 0 Å². The van der Waals surface area contributed by atoms with E-state index in [0.29, 0.717) is 18.4 Å². The summed E-state index contributed by atoms with van der Waals surface area (Å²) < 4.78 is 22.3. The van der Waals surface area contributed by atoms with Crippen LogP contribution in [0.15, 0.2) is 17.1 Å². The maximum atomic E-state index is 5.97. The van der Waals surface area contributed by atoms with Crippen molar-refractivity contribution < 1.29 is 18.9 Å². The summed E-state index contributed by atoms with van der Waals surface area (Å²) in [5.74, 6) is 3.01. The third-order valence-electron chi connectivity index (χ3n) is 5.23. The van der Waals surface area contributed by atoms with Crippen LogP contribution in [-0.4, -0.2) is 60.1 Å². The SMILES string of the molecule is CN=C(NCCCOC1CCCCC1)NCCc1c(OC)cc(OC)cc1OC. The molecule has 1 aromatic carbocycles. The van der Waals surface area contributed by atoms with E-state index in [2.05, 4.69) is 15.6 Å². The fraction of sp³-hybridized carbons (Fsp3) is 0.682. The van der Waals surface area contributed by atoms with Crippen molar-refractivity contribution in [3.63, 3.8) is 0 Å². The molecule has 0 radical (unpaired) electrons. The van der Waals surface area contributed by atoms with E-state index in [1.807, 2.05) is 12.1 Å². The Morgan fingerprint density at radius 1 is 0.966 bits per heavy atom. The number of guanidine groups is 1. The van der Waals surface area contributed by atoms with E-state index in [4.69, 9.17) is 18.9 Å². The van der Waals surface area contributed by atoms with Gasteiger partial charge in [-0.2, -0.15) is 0 Å². The molecule has 0 aromatic heterocycles. The lowest BCUT2D eigenvalue weighted by molar-refractivity contribution is 0.0277. The molecule has 7 nitrogen and oxygen atoms in total. The van der Waals surface area contributed by atoms with Crippen LogP contribution in [0, 0.1) is 0 Å². The molecule has 1 aromatic rings. The molecular formula is C22H37N3O4. The van der Waals surface area contributed by atoms with Gasteiger partial charge >= 0.3 is 0 Å². The highest BCUT2D eigenvalue weighted by Gasteiger charge is 2.14. The molecule has 1 aliphatic rings. The second-order valence-electron chi connectivity index (χ2n) is 7.17. The Bertz CT molecular complexity index is 605. The number of rotatable bonds is 11. The molecule has 1 fully saturated rings. The van der Waals surface area contributed by atoms with Crippen LogP contribution in [0.3, 0.4) is 0 Å². The zero-order chi connectivity index (χ0) is 20.9. The van der Waals surface area contributed by atoms with Crippen molar-refractivity contribution >= 4 is 5.96 Å². The molecule has 1 aliphatic carbocycles. The van der Waals surface area contributed by atoms with Gasteiger partial charge in [0.15, 0.2) is 5.96 Å². The van der Waals surface area contributed by atoms with Crippen molar-refractivity contribution in [2.24, 2.45) is 4.99 Å². The lowest BCUT2D eigenvalue weighted by Gasteiger charge is -2.22. The molecule has 0 heterocycles. The Morgan fingerprint density at radius 3 is 2.21 bits per heavy atom. The third kappa shape index (κ3) is 7.65. The Morgan fingerprint density at radius 2 is 1.62 bits per heavy atom. The highest BCUT2D eigenvalue weighted by Crippen LogP contribution is 2.34. The summed E-state index contributed by atoms with van der Waals surface area (Å²) in [5, 5.41) is 6.69. The number of hydrogen-bond acceptors (Lipinski definition) is 5. The van der Waals surface area contributed by atoms with Crippen molar-refractivity contribution in [2.45, 2.75) is 51.0 Å². The van der Waals surface area contributed by atoms with E-state index in [9.17, 15) is 0 Å². The van der Waals surface area contributed by atoms with Crippen molar-refractivity contribution in [1.29, 1.82) is 0 Å². The predicted octanol–water partition coefficient (Wildman–Crippen LogP) is 3.16. The molecular weight excluding hydrogens is 370 g/mol. The quantitative estimate of drug-likeness (QED) is 0.333. The molecule has 0 bridgehead atoms. The van der Waals surface area contributed by atoms with E-state index in [1.54, 1.807) is 28.4 Å². The fourth-order valence-electron chi connectivity index (χ4n) is 3.61. The molecule has 0 unspecified atom stereocenters. The summed E-state index contributed by atoms with van der Waals surface area (Å²) in [6.07, 6.45) is 8.59. The second-order valence-corrected chi connectivity index (χ2v) is 7.17. The minimum absolute atomic E-state index is 0.468. The third-order valence-corrected chi connectivity index (χ3v) is 5.23. The molecule has 29 heavy (non-hydrogen) atoms. The Hall–Kier alpha value is -2.15. The van der Waals surface area contributed by atoms with Crippen LogP contribution in [0.1, 0.15) is 44.1 Å². The zero-order valence-corrected chi connectivity index (χ0v) is 18.4. The molecule has 7 heteroatoms. The van der Waals surface area contributed by atoms with E-state index in [-0.39, 0.29) is 0 Å². The standard InChI is InChI=1S/C22H37N3O4/c1-23-22(24-12-8-14-29-17-9-6-5-7-10-17)25-13-11-19-20(27-3)15-18(26-2)16-21(19)28-4/h15-17H,5-14H2,1-4H3,(H2,23,24,25). The molecule has 0 aliphatic heterocycles. The van der Waals surface area contributed by atoms with Gasteiger partial charge < -0.3 is 29.6 Å². The summed E-state index contributed by atoms with van der Waals surface area (Å²) in [6, 6.07) is 3.74. The Balaban J connectivity index is 1.72. The summed E-state index contributed by atoms with van der Waals surface area (Å²) >= 11 is 0. The molecule has 0 amide bonds. The average Bonchev–Trinajstić information content (AvgIpc) is 2.77. The second kappa shape index (κ2) is 13.1. The maximum absolute atomic E-state index is 5.97. The van der Waals surface area contributed by atoms with Crippen LogP contribution in [0.25, 0.3) is 0 Å². The molecule has 0 spiro atoms. The van der Waals surface area contributed by atoms with Gasteiger partial charge in [0, 0.05) is 44.4 Å². The van der Waals surface area contributed by atoms with Gasteiger partial charge in [0.2, 0.25) is 0 Å². The van der Waals surface area contributed by atoms with Crippen molar-refractivity contribution in [2.75, 3.05) is 48.1 Å². The number of nitrogens with one attached hydrogen (secondary N) is 2. The first-order valence-electron chi connectivity index (χ1n) is 10.6. The monoisotopic (exact) mass is 407 g/mol. The fourth-order valence-corrected chi connectivity index (χ4v) is 3.61. The molecule has 2 N–H and O–H groups in total. The first-order chi connectivity index (χ1) is 14.2. The summed E-state index contributed by atoms with van der Waals surface area (Å²) in [6.45, 7) is 2.34. The average molecular weight is 408 g/mol. The molecule has 0 saturated heterocycles. The van der Waals surface area contributed by atoms with Crippen LogP contribution >= 0.6 is 0 Å². The number of benzene rings is 1. The first kappa shape index (κ1) is 23.1. The Labute approximate surface area is 175 Å². The van der Waals surface area contributed by atoms with E-state index in [0.717, 1.165) is 49.0 Å². The van der Waals surface area contributed by atoms with Crippen molar-refractivity contribution in [3.8, 4) is 17.2 Å². The maximum Gasteiger partial charge on any atom is 0.190 e. The lowest BCUT2D eigenvalue weighted by Crippen LogP contribution is -2.39. The first-order valence-corrected chi connectivity index (χ1v) is 10.6. The van der Waals surface area contributed by atoms with Crippen LogP contribution in [0.5, 0.6) is 17.2 Å². The number of ether oxygens (including phenoxy) is 4. The minimum atomic E-state index is 0.468. The number of methoxy groups -OCH3 is 3. The minimum Gasteiger partial charge on any atom is -0.496 e. The van der Waals surface area contributed by atoms with Crippen molar-refractivity contribution in [1.82, 2.24) is 10.6 Å². The summed E-state index contributed by atoms with van der Waals surface area (Å²) in [5.41, 5.74) is 1.000. The van der Waals surface area contributed by atoms with Gasteiger partial charge in [0.05, 0.1) is 27.4 Å². The van der Waals surface area contributed by atoms with Gasteiger partial charge in [0.1, 0.15) is 17.2 Å². The summed E-state index contributed by atoms with van der Waals surface area (Å²) in [7, 11) is 6.72. The van der Waals surface area contributed by atoms with Gasteiger partial charge in [-0.3, -0.25) is 4.99 Å². The highest BCUT2D eigenvalue weighted by atomic mass is 16.5. The van der Waals surface area contributed by atoms with E-state index >= 15 is 0 Å². The van der Waals surface area contributed by atoms with Gasteiger partial charge in [-0.1, -0.05) is 19.3 Å². The van der Waals surface area contributed by atoms with Crippen LogP contribution in [0.4, 0.5) is 0 Å². The van der Waals surface area contributed by atoms with Crippen LogP contribution in [0.2, 0.25) is 0 Å². The largest absolute Gasteiger partial charge is 0.496 e. The highest BCUT2D eigenvalue weighted by molar-refractivity contribution is 5.79. The molecule has 1 saturated carbocycles. The number of nitrogens with zero attached hydrogens (tertiary/aromatic N) is 1. The number of aliphatic imine (C=N–C) groups is 1. The van der Waals surface area contributed by atoms with Gasteiger partial charge in [-0.05, 0) is 25.7 Å². The van der Waals surface area contributed by atoms with Gasteiger partial charge in [-0.15, -0.1) is 0 Å². The van der Waals surface area contributed by atoms with E-state index in [1.165, 1.54) is 32.1 Å². The smallest absolute Gasteiger partial charge is 0.190 e. The lowest BCUT2D eigenvalue weighted by atomic mass is 9.98. The predicted molar refractivity (Wildman–Crippen MR) is 117 cm³/mol. The topological polar surface area (TPSA) is 73.3 Å². The molecule has 164 valence electrons. The van der Waals surface area contributed by atoms with E-state index < -0.39 is 0 Å². The van der Waals surface area contributed by atoms with Crippen LogP contribution in [-0.2, 0) is 11.2 Å². The molecule has 0 atom stereocenters. The van der Waals surface area contributed by atoms with Crippen LogP contribution < -0.4 is 24.8 Å². The summed E-state index contributed by atoms with van der Waals surface area (Å²) in [4.78, 5) is 4.29. The Kier molecular flexibility index (Phi) is 10.5. The molecule has 2 rings (SSSR count). The number of hydrogen-bond donors (Lipinski definition) is 2. The zero-order valence-electron chi connectivity index (χ0n) is 18.4.